The Morgan fingerprint density at radius 3 is 0.778 bits per heavy atom. The molecule has 0 aliphatic heterocycles. The predicted molar refractivity (Wildman–Crippen MR) is 409 cm³/mol. The molecule has 3 amide bonds. The van der Waals surface area contributed by atoms with Gasteiger partial charge in [0, 0.05) is 128 Å². The van der Waals surface area contributed by atoms with Crippen molar-refractivity contribution >= 4 is 67.8 Å². The van der Waals surface area contributed by atoms with E-state index in [0.29, 0.717) is 38.9 Å². The number of amides is 3. The minimum atomic E-state index is -2.53. The number of esters is 4. The highest BCUT2D eigenvalue weighted by atomic mass is 28.4. The van der Waals surface area contributed by atoms with E-state index in [1.165, 1.54) is 6.42 Å². The number of carbonyl (C=O) groups is 7. The molecule has 1 unspecified atom stereocenters. The van der Waals surface area contributed by atoms with Gasteiger partial charge in [-0.3, -0.25) is 33.6 Å². The molecule has 0 aliphatic carbocycles. The first-order valence-corrected chi connectivity index (χ1v) is 42.7. The van der Waals surface area contributed by atoms with Gasteiger partial charge in [-0.1, -0.05) is 122 Å². The second kappa shape index (κ2) is 58.0. The van der Waals surface area contributed by atoms with Crippen LogP contribution in [-0.4, -0.2) is 208 Å². The molecule has 0 saturated heterocycles. The largest absolute Gasteiger partial charge is 0.500 e. The van der Waals surface area contributed by atoms with Crippen molar-refractivity contribution in [2.45, 2.75) is 279 Å². The quantitative estimate of drug-likeness (QED) is 0.0239. The zero-order valence-electron chi connectivity index (χ0n) is 70.6. The average molecular weight is 1480 g/mol. The highest BCUT2D eigenvalue weighted by Gasteiger charge is 2.39. The molecule has 0 radical (unpaired) electrons. The van der Waals surface area contributed by atoms with Crippen LogP contribution in [0.3, 0.4) is 0 Å². The topological polar surface area (TPSA) is 240 Å². The highest BCUT2D eigenvalue weighted by molar-refractivity contribution is 6.65. The first kappa shape index (κ1) is 109. The van der Waals surface area contributed by atoms with Crippen LogP contribution < -0.4 is 0 Å². The summed E-state index contributed by atoms with van der Waals surface area (Å²) in [4.78, 5) is 85.1. The molecule has 0 aromatic rings. The Kier molecular flexibility index (Phi) is 63.8. The summed E-state index contributed by atoms with van der Waals surface area (Å²) in [7, 11) is 16.8. The van der Waals surface area contributed by atoms with Crippen LogP contribution in [-0.2, 0) is 87.9 Å². The van der Waals surface area contributed by atoms with Crippen LogP contribution in [0.25, 0.3) is 0 Å². The molecule has 99 heavy (non-hydrogen) atoms. The van der Waals surface area contributed by atoms with Gasteiger partial charge in [0.15, 0.2) is 0 Å². The zero-order chi connectivity index (χ0) is 79.3. The fraction of sp³-hybridized carbons (Fsp3) is 0.905. The van der Waals surface area contributed by atoms with Crippen LogP contribution >= 0.6 is 0 Å². The number of rotatable bonds is 42. The Balaban J connectivity index is -0.000000205. The smallest absolute Gasteiger partial charge is 0.465 e. The van der Waals surface area contributed by atoms with E-state index in [9.17, 15) is 33.6 Å². The van der Waals surface area contributed by atoms with Crippen molar-refractivity contribution in [3.05, 3.63) is 0 Å². The number of carbonyl (C=O) groups excluding carboxylic acids is 7. The zero-order valence-corrected chi connectivity index (χ0v) is 73.6. The SMILES string of the molecule is CCC(C)(C)C(=O)N(C)C.CCC(C)(C)C(=O)N(C)C.CCC(C)(C)C(=O)OCCCCCCCC[Si](OC)(OC)OC.CCC(C)(C)C(=O)OCCC[Si](C)(OC)OC.CCC(C)(C)C(=O)OCCC[Si](OC)(OC)OC.CCC(C)C(=O)N(C)C.CCCCOC(=O)C(C)(C)CC. The molecule has 1 atom stereocenters. The van der Waals surface area contributed by atoms with E-state index in [1.54, 1.807) is 114 Å². The lowest BCUT2D eigenvalue weighted by molar-refractivity contribution is -0.155. The van der Waals surface area contributed by atoms with Gasteiger partial charge >= 0.3 is 50.0 Å². The van der Waals surface area contributed by atoms with E-state index in [2.05, 4.69) is 6.92 Å². The van der Waals surface area contributed by atoms with Crippen LogP contribution in [0.1, 0.15) is 255 Å². The van der Waals surface area contributed by atoms with Gasteiger partial charge in [0.2, 0.25) is 17.7 Å². The molecule has 0 fully saturated rings. The molecule has 0 bridgehead atoms. The van der Waals surface area contributed by atoms with E-state index >= 15 is 0 Å². The molecule has 22 nitrogen and oxygen atoms in total. The van der Waals surface area contributed by atoms with Gasteiger partial charge in [0.25, 0.3) is 0 Å². The Bertz CT molecular complexity index is 2050. The second-order valence-electron chi connectivity index (χ2n) is 29.5. The van der Waals surface area contributed by atoms with Gasteiger partial charge in [-0.05, 0) is 145 Å². The van der Waals surface area contributed by atoms with E-state index in [0.717, 1.165) is 108 Å². The first-order valence-electron chi connectivity index (χ1n) is 36.3. The summed E-state index contributed by atoms with van der Waals surface area (Å²) in [6, 6.07) is 2.33. The summed E-state index contributed by atoms with van der Waals surface area (Å²) in [6.45, 7) is 45.1. The third kappa shape index (κ3) is 50.6. The second-order valence-corrected chi connectivity index (χ2v) is 39.2. The van der Waals surface area contributed by atoms with Gasteiger partial charge in [-0.25, -0.2) is 0 Å². The monoisotopic (exact) mass is 1480 g/mol. The first-order chi connectivity index (χ1) is 45.5. The van der Waals surface area contributed by atoms with Gasteiger partial charge in [-0.15, -0.1) is 0 Å². The molecule has 0 N–H and O–H groups in total. The third-order valence-corrected chi connectivity index (χ3v) is 27.1. The van der Waals surface area contributed by atoms with Crippen molar-refractivity contribution in [3.63, 3.8) is 0 Å². The van der Waals surface area contributed by atoms with E-state index in [1.807, 2.05) is 145 Å². The van der Waals surface area contributed by atoms with Crippen molar-refractivity contribution in [3.8, 4) is 0 Å². The molecule has 0 aromatic carbocycles. The van der Waals surface area contributed by atoms with Crippen LogP contribution in [0.5, 0.6) is 0 Å². The van der Waals surface area contributed by atoms with Gasteiger partial charge in [0.1, 0.15) is 0 Å². The fourth-order valence-electron chi connectivity index (χ4n) is 7.52. The molecule has 0 aliphatic rings. The third-order valence-electron chi connectivity index (χ3n) is 18.4. The molecule has 25 heteroatoms. The Morgan fingerprint density at radius 2 is 0.566 bits per heavy atom. The summed E-state index contributed by atoms with van der Waals surface area (Å²) < 4.78 is 63.7. The maximum absolute atomic E-state index is 11.8. The van der Waals surface area contributed by atoms with Crippen molar-refractivity contribution in [2.24, 2.45) is 38.4 Å². The lowest BCUT2D eigenvalue weighted by Crippen LogP contribution is -2.42. The molecule has 0 spiro atoms. The van der Waals surface area contributed by atoms with Crippen LogP contribution in [0.2, 0.25) is 24.7 Å². The lowest BCUT2D eigenvalue weighted by Gasteiger charge is -2.25. The molecule has 0 heterocycles. The molecule has 594 valence electrons. The standard InChI is InChI=1S/C17H36O5Si.C12H26O5Si.C12H26O4Si.C10H20O2.2C8H17NO.C7H15NO/c1-7-17(2,3)16(18)22-14-12-10-8-9-11-13-15-23(19-4,20-5)21-6;1-7-12(2,3)11(13)17-9-8-10-18(14-4,15-5)16-6;1-7-12(2,3)11(13)16-9-8-10-17(6,14-4)15-5;1-5-7-8-12-9(11)10(3,4)6-2;2*1-6-8(2,3)7(10)9(4)5;1-5-6(2)7(9)8(3)4/h7-15H2,1-6H3;7-10H2,1-6H3;7-10H2,1-6H3;5-8H2,1-4H3;2*6H2,1-5H3;6H,5H2,1-4H3. The highest BCUT2D eigenvalue weighted by Crippen LogP contribution is 2.27. The van der Waals surface area contributed by atoms with Crippen molar-refractivity contribution < 1.29 is 87.9 Å². The fourth-order valence-corrected chi connectivity index (χ4v) is 12.4. The number of hydrogen-bond acceptors (Lipinski definition) is 19. The Labute approximate surface area is 610 Å². The maximum atomic E-state index is 11.8. The molecule has 0 aromatic heterocycles. The number of ether oxygens (including phenoxy) is 4. The minimum Gasteiger partial charge on any atom is -0.465 e. The Morgan fingerprint density at radius 1 is 0.323 bits per heavy atom. The minimum absolute atomic E-state index is 0.0709. The normalized spacial score (nSPS) is 12.2. The van der Waals surface area contributed by atoms with Gasteiger partial charge in [-0.2, -0.15) is 0 Å². The van der Waals surface area contributed by atoms with Crippen LogP contribution in [0.15, 0.2) is 0 Å². The maximum Gasteiger partial charge on any atom is 0.500 e. The summed E-state index contributed by atoms with van der Waals surface area (Å²) in [5, 5.41) is 0. The summed E-state index contributed by atoms with van der Waals surface area (Å²) in [5.74, 6) is 0.365. The van der Waals surface area contributed by atoms with Crippen molar-refractivity contribution in [1.82, 2.24) is 14.7 Å². The number of hydrogen-bond donors (Lipinski definition) is 0. The number of nitrogens with zero attached hydrogens (tertiary/aromatic N) is 3. The van der Waals surface area contributed by atoms with Crippen molar-refractivity contribution in [1.29, 1.82) is 0 Å². The summed E-state index contributed by atoms with van der Waals surface area (Å²) >= 11 is 0. The van der Waals surface area contributed by atoms with Gasteiger partial charge in [0.05, 0.1) is 48.1 Å². The van der Waals surface area contributed by atoms with Crippen molar-refractivity contribution in [2.75, 3.05) is 126 Å². The van der Waals surface area contributed by atoms with Crippen LogP contribution in [0, 0.1) is 38.4 Å². The Hall–Kier alpha value is -3.38. The van der Waals surface area contributed by atoms with E-state index in [-0.39, 0.29) is 74.6 Å². The average Bonchev–Trinajstić information content (AvgIpc) is 1.02. The van der Waals surface area contributed by atoms with Gasteiger partial charge < -0.3 is 69.1 Å². The molecule has 0 rings (SSSR count). The molecule has 0 saturated carbocycles. The predicted octanol–water partition coefficient (Wildman–Crippen LogP) is 16.0. The van der Waals surface area contributed by atoms with E-state index in [4.69, 9.17) is 54.4 Å². The lowest BCUT2D eigenvalue weighted by atomic mass is 9.89. The van der Waals surface area contributed by atoms with E-state index < -0.39 is 31.6 Å². The molecular formula is C74H157N3O19Si3. The van der Waals surface area contributed by atoms with Crippen LogP contribution in [0.4, 0.5) is 0 Å². The summed E-state index contributed by atoms with van der Waals surface area (Å²) in [5.41, 5.74) is -1.86. The molecular weight excluding hydrogens is 1320 g/mol. The number of unbranched alkanes of at least 4 members (excludes halogenated alkanes) is 6. The summed E-state index contributed by atoms with van der Waals surface area (Å²) in [6.07, 6.45) is 16.0.